The third-order valence-corrected chi connectivity index (χ3v) is 7.31. The Hall–Kier alpha value is -1.60. The summed E-state index contributed by atoms with van der Waals surface area (Å²) in [7, 11) is -1.54. The number of benzene rings is 2. The van der Waals surface area contributed by atoms with Crippen molar-refractivity contribution in [2.75, 3.05) is 0 Å². The Morgan fingerprint density at radius 1 is 0.647 bits per heavy atom. The minimum atomic E-state index is -1.54. The van der Waals surface area contributed by atoms with Gasteiger partial charge < -0.3 is 0 Å². The Morgan fingerprint density at radius 2 is 1.06 bits per heavy atom. The second kappa shape index (κ2) is 3.71. The molecule has 0 spiro atoms. The molecule has 84 valence electrons. The van der Waals surface area contributed by atoms with Gasteiger partial charge in [-0.05, 0) is 21.5 Å². The summed E-state index contributed by atoms with van der Waals surface area (Å²) in [5.41, 5.74) is 2.78. The third kappa shape index (κ3) is 1.58. The van der Waals surface area contributed by atoms with Crippen LogP contribution in [-0.2, 0) is 0 Å². The van der Waals surface area contributed by atoms with E-state index in [4.69, 9.17) is 0 Å². The number of rotatable bonds is 0. The topological polar surface area (TPSA) is 0 Å². The van der Waals surface area contributed by atoms with Crippen molar-refractivity contribution in [1.29, 1.82) is 0 Å². The van der Waals surface area contributed by atoms with Gasteiger partial charge in [-0.25, -0.2) is 0 Å². The molecule has 0 saturated heterocycles. The van der Waals surface area contributed by atoms with E-state index < -0.39 is 8.07 Å². The molecule has 0 N–H and O–H groups in total. The van der Waals surface area contributed by atoms with E-state index in [0.29, 0.717) is 0 Å². The highest BCUT2D eigenvalue weighted by Gasteiger charge is 2.30. The first-order valence-corrected chi connectivity index (χ1v) is 9.07. The van der Waals surface area contributed by atoms with Crippen LogP contribution >= 0.6 is 0 Å². The predicted molar refractivity (Wildman–Crippen MR) is 78.6 cm³/mol. The van der Waals surface area contributed by atoms with E-state index in [0.717, 1.165) is 0 Å². The summed E-state index contributed by atoms with van der Waals surface area (Å²) in [6.45, 7) is 4.88. The standard InChI is InChI=1S/C16H16Si/c1-17(2)15-9-5-3-7-13(15)11-12-14-8-4-6-10-16(14)17/h3-12H,1-2H3. The first kappa shape index (κ1) is 10.5. The van der Waals surface area contributed by atoms with Crippen LogP contribution in [0.3, 0.4) is 0 Å². The van der Waals surface area contributed by atoms with Gasteiger partial charge in [-0.15, -0.1) is 0 Å². The van der Waals surface area contributed by atoms with E-state index in [1.807, 2.05) is 0 Å². The van der Waals surface area contributed by atoms with Crippen LogP contribution < -0.4 is 10.4 Å². The maximum atomic E-state index is 2.44. The van der Waals surface area contributed by atoms with Gasteiger partial charge in [0, 0.05) is 0 Å². The first-order valence-electron chi connectivity index (χ1n) is 6.07. The SMILES string of the molecule is C[Si]1(C)c2ccccc2C=Cc2ccccc21. The van der Waals surface area contributed by atoms with Crippen LogP contribution in [0.4, 0.5) is 0 Å². The molecule has 3 rings (SSSR count). The average Bonchev–Trinajstić information content (AvgIpc) is 2.47. The van der Waals surface area contributed by atoms with E-state index in [-0.39, 0.29) is 0 Å². The lowest BCUT2D eigenvalue weighted by atomic mass is 10.1. The van der Waals surface area contributed by atoms with Crippen LogP contribution in [0.1, 0.15) is 11.1 Å². The average molecular weight is 236 g/mol. The molecule has 0 nitrogen and oxygen atoms in total. The second-order valence-electron chi connectivity index (χ2n) is 5.13. The number of hydrogen-bond donors (Lipinski definition) is 0. The fraction of sp³-hybridized carbons (Fsp3) is 0.125. The molecule has 0 saturated carbocycles. The van der Waals surface area contributed by atoms with Crippen molar-refractivity contribution >= 4 is 30.6 Å². The van der Waals surface area contributed by atoms with Crippen molar-refractivity contribution in [2.24, 2.45) is 0 Å². The molecule has 2 aromatic carbocycles. The summed E-state index contributed by atoms with van der Waals surface area (Å²) in [4.78, 5) is 0. The summed E-state index contributed by atoms with van der Waals surface area (Å²) in [5, 5.41) is 3.09. The molecule has 0 radical (unpaired) electrons. The lowest BCUT2D eigenvalue weighted by Crippen LogP contribution is -2.54. The third-order valence-electron chi connectivity index (χ3n) is 3.71. The molecule has 0 bridgehead atoms. The molecule has 0 atom stereocenters. The van der Waals surface area contributed by atoms with E-state index >= 15 is 0 Å². The Balaban J connectivity index is 2.34. The Bertz CT molecular complexity index is 542. The van der Waals surface area contributed by atoms with Gasteiger partial charge in [-0.2, -0.15) is 0 Å². The maximum Gasteiger partial charge on any atom is 0.113 e. The Kier molecular flexibility index (Phi) is 2.30. The molecule has 0 aliphatic carbocycles. The lowest BCUT2D eigenvalue weighted by molar-refractivity contribution is 1.65. The van der Waals surface area contributed by atoms with Gasteiger partial charge in [-0.1, -0.05) is 73.8 Å². The van der Waals surface area contributed by atoms with Crippen molar-refractivity contribution in [2.45, 2.75) is 13.1 Å². The zero-order chi connectivity index (χ0) is 11.9. The van der Waals surface area contributed by atoms with Gasteiger partial charge in [0.2, 0.25) is 0 Å². The molecule has 0 amide bonds. The monoisotopic (exact) mass is 236 g/mol. The zero-order valence-electron chi connectivity index (χ0n) is 10.3. The molecule has 1 aliphatic heterocycles. The molecule has 0 unspecified atom stereocenters. The second-order valence-corrected chi connectivity index (χ2v) is 9.46. The van der Waals surface area contributed by atoms with E-state index in [1.165, 1.54) is 11.1 Å². The quantitative estimate of drug-likeness (QED) is 0.617. The van der Waals surface area contributed by atoms with Crippen LogP contribution in [0, 0.1) is 0 Å². The Morgan fingerprint density at radius 3 is 1.53 bits per heavy atom. The summed E-state index contributed by atoms with van der Waals surface area (Å²) >= 11 is 0. The first-order chi connectivity index (χ1) is 8.19. The molecule has 17 heavy (non-hydrogen) atoms. The summed E-state index contributed by atoms with van der Waals surface area (Å²) in [6.07, 6.45) is 4.52. The Labute approximate surface area is 104 Å². The van der Waals surface area contributed by atoms with Crippen LogP contribution in [0.25, 0.3) is 12.2 Å². The predicted octanol–water partition coefficient (Wildman–Crippen LogP) is 2.99. The van der Waals surface area contributed by atoms with Gasteiger partial charge in [0.1, 0.15) is 8.07 Å². The summed E-state index contributed by atoms with van der Waals surface area (Å²) < 4.78 is 0. The number of fused-ring (bicyclic) bond motifs is 2. The van der Waals surface area contributed by atoms with E-state index in [9.17, 15) is 0 Å². The molecule has 0 fully saturated rings. The summed E-state index contributed by atoms with van der Waals surface area (Å²) in [5.74, 6) is 0. The van der Waals surface area contributed by atoms with Crippen molar-refractivity contribution in [3.05, 3.63) is 59.7 Å². The van der Waals surface area contributed by atoms with Crippen molar-refractivity contribution in [3.63, 3.8) is 0 Å². The molecular formula is C16H16Si. The largest absolute Gasteiger partial charge is 0.113 e. The summed E-state index contributed by atoms with van der Waals surface area (Å²) in [6, 6.07) is 17.6. The molecule has 1 heterocycles. The highest BCUT2D eigenvalue weighted by Crippen LogP contribution is 2.17. The fourth-order valence-electron chi connectivity index (χ4n) is 2.75. The van der Waals surface area contributed by atoms with Crippen molar-refractivity contribution in [3.8, 4) is 0 Å². The van der Waals surface area contributed by atoms with Gasteiger partial charge >= 0.3 is 0 Å². The van der Waals surface area contributed by atoms with Crippen LogP contribution in [-0.4, -0.2) is 8.07 Å². The highest BCUT2D eigenvalue weighted by molar-refractivity contribution is 7.01. The van der Waals surface area contributed by atoms with Gasteiger partial charge in [0.25, 0.3) is 0 Å². The van der Waals surface area contributed by atoms with Gasteiger partial charge in [0.05, 0.1) is 0 Å². The molecule has 2 aromatic rings. The number of hydrogen-bond acceptors (Lipinski definition) is 0. The normalized spacial score (nSPS) is 15.9. The molecule has 0 aromatic heterocycles. The van der Waals surface area contributed by atoms with Gasteiger partial charge in [0.15, 0.2) is 0 Å². The minimum Gasteiger partial charge on any atom is -0.0623 e. The van der Waals surface area contributed by atoms with Crippen LogP contribution in [0.5, 0.6) is 0 Å². The van der Waals surface area contributed by atoms with Crippen LogP contribution in [0.15, 0.2) is 48.5 Å². The maximum absolute atomic E-state index is 2.44. The zero-order valence-corrected chi connectivity index (χ0v) is 11.3. The highest BCUT2D eigenvalue weighted by atomic mass is 28.3. The molecule has 1 heteroatoms. The van der Waals surface area contributed by atoms with Gasteiger partial charge in [-0.3, -0.25) is 0 Å². The molecule has 1 aliphatic rings. The van der Waals surface area contributed by atoms with Crippen LogP contribution in [0.2, 0.25) is 13.1 Å². The minimum absolute atomic E-state index is 1.39. The smallest absolute Gasteiger partial charge is 0.0623 e. The van der Waals surface area contributed by atoms with Crippen molar-refractivity contribution < 1.29 is 0 Å². The van der Waals surface area contributed by atoms with E-state index in [1.54, 1.807) is 10.4 Å². The van der Waals surface area contributed by atoms with Crippen molar-refractivity contribution in [1.82, 2.24) is 0 Å². The lowest BCUT2D eigenvalue weighted by Gasteiger charge is -2.25. The fourth-order valence-corrected chi connectivity index (χ4v) is 5.84. The molecular weight excluding hydrogens is 220 g/mol. The van der Waals surface area contributed by atoms with E-state index in [2.05, 4.69) is 73.8 Å².